The van der Waals surface area contributed by atoms with E-state index in [0.717, 1.165) is 16.8 Å². The molecule has 2 heterocycles. The maximum absolute atomic E-state index is 12.9. The Balaban J connectivity index is 1.40. The Kier molecular flexibility index (Phi) is 6.37. The van der Waals surface area contributed by atoms with Gasteiger partial charge in [-0.2, -0.15) is 0 Å². The van der Waals surface area contributed by atoms with Gasteiger partial charge in [-0.05, 0) is 55.2 Å². The fraction of sp³-hybridized carbons (Fsp3) is 0.250. The van der Waals surface area contributed by atoms with Crippen LogP contribution < -0.4 is 10.9 Å². The van der Waals surface area contributed by atoms with Crippen molar-refractivity contribution in [3.8, 4) is 5.69 Å². The molecule has 1 amide bonds. The third-order valence-electron chi connectivity index (χ3n) is 5.55. The van der Waals surface area contributed by atoms with E-state index in [1.165, 1.54) is 5.56 Å². The quantitative estimate of drug-likeness (QED) is 0.465. The van der Waals surface area contributed by atoms with Crippen molar-refractivity contribution < 1.29 is 4.79 Å². The predicted molar refractivity (Wildman–Crippen MR) is 124 cm³/mol. The maximum Gasteiger partial charge on any atom is 0.300 e. The summed E-state index contributed by atoms with van der Waals surface area (Å²) in [6.07, 6.45) is 4.99. The Morgan fingerprint density at radius 2 is 1.88 bits per heavy atom. The molecule has 0 aliphatic heterocycles. The van der Waals surface area contributed by atoms with E-state index in [-0.39, 0.29) is 17.1 Å². The van der Waals surface area contributed by atoms with Crippen LogP contribution in [0.25, 0.3) is 11.3 Å². The van der Waals surface area contributed by atoms with Crippen molar-refractivity contribution in [1.82, 2.24) is 24.5 Å². The maximum atomic E-state index is 12.9. The molecular weight excluding hydrogens is 426 g/mol. The molecule has 4 aromatic rings. The molecule has 0 unspecified atom stereocenters. The third kappa shape index (κ3) is 4.57. The van der Waals surface area contributed by atoms with Crippen LogP contribution >= 0.6 is 11.6 Å². The third-order valence-corrected chi connectivity index (χ3v) is 5.92. The van der Waals surface area contributed by atoms with Gasteiger partial charge in [0, 0.05) is 42.5 Å². The topological polar surface area (TPSA) is 81.3 Å². The number of hydrogen-bond donors (Lipinski definition) is 1. The minimum Gasteiger partial charge on any atom is -0.352 e. The number of aromatic nitrogens is 4. The lowest BCUT2D eigenvalue weighted by atomic mass is 10.1. The van der Waals surface area contributed by atoms with Crippen molar-refractivity contribution in [1.29, 1.82) is 0 Å². The minimum absolute atomic E-state index is 0.0594. The number of carbonyl (C=O) groups is 1. The van der Waals surface area contributed by atoms with Crippen molar-refractivity contribution in [3.05, 3.63) is 92.7 Å². The van der Waals surface area contributed by atoms with E-state index in [1.807, 2.05) is 50.2 Å². The van der Waals surface area contributed by atoms with Crippen molar-refractivity contribution in [2.45, 2.75) is 39.7 Å². The van der Waals surface area contributed by atoms with Crippen LogP contribution in [-0.2, 0) is 17.8 Å². The van der Waals surface area contributed by atoms with E-state index in [2.05, 4.69) is 15.5 Å². The number of halogens is 1. The Hall–Kier alpha value is -3.45. The van der Waals surface area contributed by atoms with Crippen LogP contribution in [0.3, 0.4) is 0 Å². The van der Waals surface area contributed by atoms with Crippen LogP contribution in [0.15, 0.2) is 59.7 Å². The van der Waals surface area contributed by atoms with Crippen molar-refractivity contribution in [2.75, 3.05) is 0 Å². The van der Waals surface area contributed by atoms with Crippen LogP contribution in [0.4, 0.5) is 0 Å². The van der Waals surface area contributed by atoms with Crippen LogP contribution in [0.2, 0.25) is 5.02 Å². The molecule has 8 heteroatoms. The Morgan fingerprint density at radius 1 is 1.06 bits per heavy atom. The number of rotatable bonds is 7. The molecule has 164 valence electrons. The normalized spacial score (nSPS) is 11.1. The second-order valence-electron chi connectivity index (χ2n) is 7.77. The largest absolute Gasteiger partial charge is 0.352 e. The number of nitrogens with one attached hydrogen (secondary N) is 1. The van der Waals surface area contributed by atoms with Gasteiger partial charge in [-0.1, -0.05) is 35.9 Å². The molecule has 0 atom stereocenters. The van der Waals surface area contributed by atoms with Crippen LogP contribution in [0.5, 0.6) is 0 Å². The van der Waals surface area contributed by atoms with E-state index in [0.29, 0.717) is 36.7 Å². The lowest BCUT2D eigenvalue weighted by Crippen LogP contribution is -2.23. The standard InChI is InChI=1S/C24H24ClN5O2/c1-16-10-11-19(14-17(16)2)29-12-13-30-21(27-28-23(30)24(29)32)8-5-9-22(31)26-15-18-6-3-4-7-20(18)25/h3-4,6-7,10-14H,5,8-9,15H2,1-2H3,(H,26,31). The monoisotopic (exact) mass is 449 g/mol. The summed E-state index contributed by atoms with van der Waals surface area (Å²) in [6.45, 7) is 4.44. The molecule has 7 nitrogen and oxygen atoms in total. The summed E-state index contributed by atoms with van der Waals surface area (Å²) < 4.78 is 3.27. The van der Waals surface area contributed by atoms with Gasteiger partial charge in [0.2, 0.25) is 11.6 Å². The van der Waals surface area contributed by atoms with Crippen LogP contribution in [-0.4, -0.2) is 25.1 Å². The number of hydrogen-bond acceptors (Lipinski definition) is 4. The average molecular weight is 450 g/mol. The summed E-state index contributed by atoms with van der Waals surface area (Å²) in [6, 6.07) is 13.3. The van der Waals surface area contributed by atoms with E-state index in [4.69, 9.17) is 11.6 Å². The van der Waals surface area contributed by atoms with Crippen molar-refractivity contribution in [3.63, 3.8) is 0 Å². The van der Waals surface area contributed by atoms with Crippen LogP contribution in [0.1, 0.15) is 35.4 Å². The summed E-state index contributed by atoms with van der Waals surface area (Å²) in [5, 5.41) is 11.8. The molecule has 0 aliphatic rings. The van der Waals surface area contributed by atoms with Gasteiger partial charge in [-0.3, -0.25) is 18.6 Å². The molecule has 0 saturated heterocycles. The molecular formula is C24H24ClN5O2. The van der Waals surface area contributed by atoms with Crippen molar-refractivity contribution in [2.24, 2.45) is 0 Å². The zero-order valence-corrected chi connectivity index (χ0v) is 18.8. The number of benzene rings is 2. The Bertz CT molecular complexity index is 1340. The molecule has 0 spiro atoms. The Morgan fingerprint density at radius 3 is 2.66 bits per heavy atom. The molecule has 2 aromatic carbocycles. The SMILES string of the molecule is Cc1ccc(-n2ccn3c(CCCC(=O)NCc4ccccc4Cl)nnc3c2=O)cc1C. The summed E-state index contributed by atoms with van der Waals surface area (Å²) in [5.41, 5.74) is 4.00. The zero-order chi connectivity index (χ0) is 22.7. The van der Waals surface area contributed by atoms with E-state index < -0.39 is 0 Å². The highest BCUT2D eigenvalue weighted by atomic mass is 35.5. The second kappa shape index (κ2) is 9.36. The second-order valence-corrected chi connectivity index (χ2v) is 8.18. The fourth-order valence-electron chi connectivity index (χ4n) is 3.52. The highest BCUT2D eigenvalue weighted by Crippen LogP contribution is 2.15. The lowest BCUT2D eigenvalue weighted by Gasteiger charge is -2.09. The molecule has 0 radical (unpaired) electrons. The van der Waals surface area contributed by atoms with Gasteiger partial charge in [0.25, 0.3) is 0 Å². The van der Waals surface area contributed by atoms with Gasteiger partial charge in [-0.25, -0.2) is 0 Å². The number of nitrogens with zero attached hydrogens (tertiary/aromatic N) is 4. The summed E-state index contributed by atoms with van der Waals surface area (Å²) in [4.78, 5) is 25.1. The first-order chi connectivity index (χ1) is 15.4. The van der Waals surface area contributed by atoms with Crippen LogP contribution in [0, 0.1) is 13.8 Å². The molecule has 32 heavy (non-hydrogen) atoms. The summed E-state index contributed by atoms with van der Waals surface area (Å²) in [7, 11) is 0. The number of amides is 1. The summed E-state index contributed by atoms with van der Waals surface area (Å²) in [5.74, 6) is 0.596. The highest BCUT2D eigenvalue weighted by Gasteiger charge is 2.13. The van der Waals surface area contributed by atoms with E-state index >= 15 is 0 Å². The van der Waals surface area contributed by atoms with Gasteiger partial charge in [0.15, 0.2) is 0 Å². The minimum atomic E-state index is -0.230. The first-order valence-electron chi connectivity index (χ1n) is 10.5. The lowest BCUT2D eigenvalue weighted by molar-refractivity contribution is -0.121. The molecule has 0 bridgehead atoms. The Labute approximate surface area is 190 Å². The first-order valence-corrected chi connectivity index (χ1v) is 10.8. The van der Waals surface area contributed by atoms with Gasteiger partial charge in [-0.15, -0.1) is 10.2 Å². The molecule has 4 rings (SSSR count). The number of carbonyl (C=O) groups excluding carboxylic acids is 1. The molecule has 2 aromatic heterocycles. The van der Waals surface area contributed by atoms with E-state index in [1.54, 1.807) is 27.4 Å². The number of fused-ring (bicyclic) bond motifs is 1. The predicted octanol–water partition coefficient (Wildman–Crippen LogP) is 3.79. The van der Waals surface area contributed by atoms with Gasteiger partial charge in [0.05, 0.1) is 0 Å². The molecule has 0 aliphatic carbocycles. The molecule has 1 N–H and O–H groups in total. The van der Waals surface area contributed by atoms with Gasteiger partial charge in [0.1, 0.15) is 5.82 Å². The zero-order valence-electron chi connectivity index (χ0n) is 18.0. The smallest absolute Gasteiger partial charge is 0.300 e. The van der Waals surface area contributed by atoms with Gasteiger partial charge < -0.3 is 5.32 Å². The highest BCUT2D eigenvalue weighted by molar-refractivity contribution is 6.31. The van der Waals surface area contributed by atoms with Crippen molar-refractivity contribution >= 4 is 23.2 Å². The average Bonchev–Trinajstić information content (AvgIpc) is 3.19. The summed E-state index contributed by atoms with van der Waals surface area (Å²) >= 11 is 6.12. The number of aryl methyl sites for hydroxylation is 3. The van der Waals surface area contributed by atoms with E-state index in [9.17, 15) is 9.59 Å². The molecule has 0 saturated carbocycles. The molecule has 0 fully saturated rings. The fourth-order valence-corrected chi connectivity index (χ4v) is 3.72. The first kappa shape index (κ1) is 21.8. The van der Waals surface area contributed by atoms with Gasteiger partial charge >= 0.3 is 5.56 Å².